The van der Waals surface area contributed by atoms with Crippen LogP contribution >= 0.6 is 0 Å². The highest BCUT2D eigenvalue weighted by molar-refractivity contribution is 4.89. The Bertz CT molecular complexity index is 196. The summed E-state index contributed by atoms with van der Waals surface area (Å²) >= 11 is 0. The van der Waals surface area contributed by atoms with Crippen molar-refractivity contribution in [1.29, 1.82) is 0 Å². The Morgan fingerprint density at radius 2 is 2.13 bits per heavy atom. The second-order valence-electron chi connectivity index (χ2n) is 5.34. The fraction of sp³-hybridized carbons (Fsp3) is 1.00. The average Bonchev–Trinajstić information content (AvgIpc) is 2.88. The van der Waals surface area contributed by atoms with Crippen molar-refractivity contribution < 1.29 is 4.74 Å². The zero-order valence-corrected chi connectivity index (χ0v) is 9.87. The Labute approximate surface area is 93.0 Å². The summed E-state index contributed by atoms with van der Waals surface area (Å²) in [5.74, 6) is 0. The molecule has 0 spiro atoms. The second-order valence-corrected chi connectivity index (χ2v) is 5.34. The van der Waals surface area contributed by atoms with E-state index in [1.807, 2.05) is 0 Å². The molecule has 3 nitrogen and oxygen atoms in total. The van der Waals surface area contributed by atoms with E-state index in [0.717, 1.165) is 26.3 Å². The molecule has 1 saturated carbocycles. The van der Waals surface area contributed by atoms with Crippen molar-refractivity contribution in [2.75, 3.05) is 33.4 Å². The molecular weight excluding hydrogens is 188 g/mol. The van der Waals surface area contributed by atoms with Gasteiger partial charge in [-0.3, -0.25) is 0 Å². The van der Waals surface area contributed by atoms with Crippen LogP contribution in [0.25, 0.3) is 0 Å². The first kappa shape index (κ1) is 11.4. The molecule has 2 N–H and O–H groups in total. The van der Waals surface area contributed by atoms with Gasteiger partial charge in [0.05, 0.1) is 6.61 Å². The van der Waals surface area contributed by atoms with Gasteiger partial charge >= 0.3 is 0 Å². The minimum Gasteiger partial charge on any atom is -0.380 e. The SMILES string of the molecule is CN(CC1(CN)CCCC1)C1CCOC1. The van der Waals surface area contributed by atoms with Crippen LogP contribution in [-0.4, -0.2) is 44.3 Å². The van der Waals surface area contributed by atoms with Crippen molar-refractivity contribution in [3.8, 4) is 0 Å². The van der Waals surface area contributed by atoms with Gasteiger partial charge in [0.2, 0.25) is 0 Å². The van der Waals surface area contributed by atoms with Crippen molar-refractivity contribution in [2.24, 2.45) is 11.1 Å². The molecule has 1 aliphatic carbocycles. The molecule has 1 unspecified atom stereocenters. The minimum atomic E-state index is 0.414. The molecule has 1 heterocycles. The summed E-state index contributed by atoms with van der Waals surface area (Å²) in [7, 11) is 2.23. The Balaban J connectivity index is 1.88. The average molecular weight is 212 g/mol. The molecule has 3 heteroatoms. The maximum absolute atomic E-state index is 5.96. The van der Waals surface area contributed by atoms with Crippen LogP contribution in [0, 0.1) is 5.41 Å². The van der Waals surface area contributed by atoms with E-state index in [1.54, 1.807) is 0 Å². The van der Waals surface area contributed by atoms with Gasteiger partial charge in [-0.2, -0.15) is 0 Å². The third-order valence-electron chi connectivity index (χ3n) is 4.21. The van der Waals surface area contributed by atoms with E-state index < -0.39 is 0 Å². The molecule has 1 saturated heterocycles. The van der Waals surface area contributed by atoms with E-state index in [9.17, 15) is 0 Å². The smallest absolute Gasteiger partial charge is 0.0622 e. The topological polar surface area (TPSA) is 38.5 Å². The number of hydrogen-bond donors (Lipinski definition) is 1. The second kappa shape index (κ2) is 4.81. The lowest BCUT2D eigenvalue weighted by molar-refractivity contribution is 0.120. The maximum Gasteiger partial charge on any atom is 0.0622 e. The van der Waals surface area contributed by atoms with Crippen LogP contribution in [0.15, 0.2) is 0 Å². The highest BCUT2D eigenvalue weighted by Crippen LogP contribution is 2.38. The summed E-state index contributed by atoms with van der Waals surface area (Å²) in [5, 5.41) is 0. The van der Waals surface area contributed by atoms with Gasteiger partial charge in [0.1, 0.15) is 0 Å². The summed E-state index contributed by atoms with van der Waals surface area (Å²) in [5.41, 5.74) is 6.37. The molecule has 1 aliphatic heterocycles. The van der Waals surface area contributed by atoms with Gasteiger partial charge in [0.25, 0.3) is 0 Å². The first-order valence-electron chi connectivity index (χ1n) is 6.24. The van der Waals surface area contributed by atoms with Gasteiger partial charge in [0, 0.05) is 19.2 Å². The van der Waals surface area contributed by atoms with E-state index in [-0.39, 0.29) is 0 Å². The van der Waals surface area contributed by atoms with Crippen molar-refractivity contribution >= 4 is 0 Å². The predicted octanol–water partition coefficient (Wildman–Crippen LogP) is 1.23. The van der Waals surface area contributed by atoms with Crippen LogP contribution in [0.5, 0.6) is 0 Å². The van der Waals surface area contributed by atoms with Crippen molar-refractivity contribution in [1.82, 2.24) is 4.90 Å². The normalized spacial score (nSPS) is 30.2. The molecule has 1 atom stereocenters. The zero-order chi connectivity index (χ0) is 10.7. The maximum atomic E-state index is 5.96. The number of nitrogens with zero attached hydrogens (tertiary/aromatic N) is 1. The Morgan fingerprint density at radius 3 is 2.67 bits per heavy atom. The Kier molecular flexibility index (Phi) is 3.65. The Hall–Kier alpha value is -0.120. The lowest BCUT2D eigenvalue weighted by Gasteiger charge is -2.35. The number of rotatable bonds is 4. The van der Waals surface area contributed by atoms with E-state index in [4.69, 9.17) is 10.5 Å². The van der Waals surface area contributed by atoms with Crippen LogP contribution in [0.3, 0.4) is 0 Å². The molecule has 0 aromatic heterocycles. The third kappa shape index (κ3) is 2.52. The van der Waals surface area contributed by atoms with Crippen LogP contribution in [0.2, 0.25) is 0 Å². The summed E-state index contributed by atoms with van der Waals surface area (Å²) < 4.78 is 5.44. The fourth-order valence-electron chi connectivity index (χ4n) is 3.08. The Morgan fingerprint density at radius 1 is 1.40 bits per heavy atom. The van der Waals surface area contributed by atoms with Crippen LogP contribution < -0.4 is 5.73 Å². The highest BCUT2D eigenvalue weighted by Gasteiger charge is 2.35. The molecule has 15 heavy (non-hydrogen) atoms. The number of hydrogen-bond acceptors (Lipinski definition) is 3. The summed E-state index contributed by atoms with van der Waals surface area (Å²) in [6.07, 6.45) is 6.57. The van der Waals surface area contributed by atoms with Gasteiger partial charge < -0.3 is 15.4 Å². The first-order valence-corrected chi connectivity index (χ1v) is 6.24. The fourth-order valence-corrected chi connectivity index (χ4v) is 3.08. The monoisotopic (exact) mass is 212 g/mol. The van der Waals surface area contributed by atoms with Crippen molar-refractivity contribution in [2.45, 2.75) is 38.1 Å². The van der Waals surface area contributed by atoms with Gasteiger partial charge in [-0.15, -0.1) is 0 Å². The number of likely N-dealkylation sites (N-methyl/N-ethyl adjacent to an activating group) is 1. The van der Waals surface area contributed by atoms with Crippen LogP contribution in [-0.2, 0) is 4.74 Å². The van der Waals surface area contributed by atoms with Crippen LogP contribution in [0.1, 0.15) is 32.1 Å². The number of nitrogens with two attached hydrogens (primary N) is 1. The largest absolute Gasteiger partial charge is 0.380 e. The van der Waals surface area contributed by atoms with E-state index in [2.05, 4.69) is 11.9 Å². The third-order valence-corrected chi connectivity index (χ3v) is 4.21. The summed E-state index contributed by atoms with van der Waals surface area (Å²) in [6.45, 7) is 3.87. The van der Waals surface area contributed by atoms with E-state index in [1.165, 1.54) is 32.1 Å². The van der Waals surface area contributed by atoms with Crippen LogP contribution in [0.4, 0.5) is 0 Å². The molecule has 0 bridgehead atoms. The molecule has 2 rings (SSSR count). The van der Waals surface area contributed by atoms with Crippen molar-refractivity contribution in [3.63, 3.8) is 0 Å². The molecule has 2 aliphatic rings. The number of ether oxygens (including phenoxy) is 1. The predicted molar refractivity (Wildman–Crippen MR) is 61.8 cm³/mol. The standard InChI is InChI=1S/C12H24N2O/c1-14(11-4-7-15-8-11)10-12(9-13)5-2-3-6-12/h11H,2-10,13H2,1H3. The van der Waals surface area contributed by atoms with Crippen molar-refractivity contribution in [3.05, 3.63) is 0 Å². The van der Waals surface area contributed by atoms with Gasteiger partial charge in [-0.05, 0) is 38.3 Å². The summed E-state index contributed by atoms with van der Waals surface area (Å²) in [6, 6.07) is 0.633. The molecule has 0 radical (unpaired) electrons. The summed E-state index contributed by atoms with van der Waals surface area (Å²) in [4.78, 5) is 2.48. The lowest BCUT2D eigenvalue weighted by atomic mass is 9.85. The van der Waals surface area contributed by atoms with E-state index >= 15 is 0 Å². The quantitative estimate of drug-likeness (QED) is 0.761. The highest BCUT2D eigenvalue weighted by atomic mass is 16.5. The molecule has 0 amide bonds. The van der Waals surface area contributed by atoms with Gasteiger partial charge in [0.15, 0.2) is 0 Å². The first-order chi connectivity index (χ1) is 7.26. The molecular formula is C12H24N2O. The zero-order valence-electron chi connectivity index (χ0n) is 9.87. The molecule has 88 valence electrons. The minimum absolute atomic E-state index is 0.414. The lowest BCUT2D eigenvalue weighted by Crippen LogP contribution is -2.43. The molecule has 0 aromatic rings. The van der Waals surface area contributed by atoms with Gasteiger partial charge in [-0.25, -0.2) is 0 Å². The molecule has 0 aromatic carbocycles. The van der Waals surface area contributed by atoms with Gasteiger partial charge in [-0.1, -0.05) is 12.8 Å². The van der Waals surface area contributed by atoms with E-state index in [0.29, 0.717) is 11.5 Å². The molecule has 2 fully saturated rings.